The summed E-state index contributed by atoms with van der Waals surface area (Å²) in [6.07, 6.45) is 0.736. The van der Waals surface area contributed by atoms with Crippen molar-refractivity contribution in [3.05, 3.63) is 29.6 Å². The fourth-order valence-electron chi connectivity index (χ4n) is 1.49. The monoisotopic (exact) mass is 299 g/mol. The van der Waals surface area contributed by atoms with Gasteiger partial charge in [-0.2, -0.15) is 4.89 Å². The number of ether oxygens (including phenoxy) is 1. The molecule has 5 nitrogen and oxygen atoms in total. The number of hydrogen-bond acceptors (Lipinski definition) is 5. The third-order valence-electron chi connectivity index (χ3n) is 2.41. The van der Waals surface area contributed by atoms with Gasteiger partial charge in [0.2, 0.25) is 0 Å². The van der Waals surface area contributed by atoms with Crippen molar-refractivity contribution in [2.24, 2.45) is 0 Å². The number of halogens is 1. The van der Waals surface area contributed by atoms with Crippen molar-refractivity contribution < 1.29 is 23.7 Å². The molecule has 118 valence electrons. The Hall–Kier alpha value is -1.66. The van der Waals surface area contributed by atoms with Gasteiger partial charge in [0.05, 0.1) is 11.3 Å². The van der Waals surface area contributed by atoms with E-state index in [9.17, 15) is 9.18 Å². The minimum absolute atomic E-state index is 0.220. The molecule has 0 saturated heterocycles. The van der Waals surface area contributed by atoms with Crippen LogP contribution in [0, 0.1) is 5.82 Å². The highest BCUT2D eigenvalue weighted by molar-refractivity contribution is 5.95. The van der Waals surface area contributed by atoms with Gasteiger partial charge in [-0.15, -0.1) is 0 Å². The number of carbonyl (C=O) groups is 1. The Morgan fingerprint density at radius 1 is 1.33 bits per heavy atom. The molecule has 0 amide bonds. The van der Waals surface area contributed by atoms with Crippen molar-refractivity contribution in [2.45, 2.75) is 32.8 Å². The second kappa shape index (κ2) is 7.95. The standard InChI is InChI=1S/C15H22FNO4/c1-15(2,3)21-20-14(18)12-7-6-11(16)10-13(12)17-8-5-9-19-4/h6-7,10,17H,5,8-9H2,1-4H3. The predicted molar refractivity (Wildman–Crippen MR) is 77.6 cm³/mol. The normalized spacial score (nSPS) is 11.3. The molecule has 1 rings (SSSR count). The molecule has 0 aliphatic heterocycles. The first-order valence-electron chi connectivity index (χ1n) is 6.76. The smallest absolute Gasteiger partial charge is 0.375 e. The number of rotatable bonds is 7. The summed E-state index contributed by atoms with van der Waals surface area (Å²) in [6, 6.07) is 3.82. The molecule has 0 bridgehead atoms. The van der Waals surface area contributed by atoms with E-state index in [1.54, 1.807) is 27.9 Å². The van der Waals surface area contributed by atoms with Gasteiger partial charge in [-0.3, -0.25) is 4.89 Å². The highest BCUT2D eigenvalue weighted by Crippen LogP contribution is 2.19. The fourth-order valence-corrected chi connectivity index (χ4v) is 1.49. The van der Waals surface area contributed by atoms with Crippen LogP contribution in [-0.2, 0) is 14.5 Å². The van der Waals surface area contributed by atoms with E-state index in [4.69, 9.17) is 14.5 Å². The molecule has 0 aliphatic carbocycles. The van der Waals surface area contributed by atoms with Crippen molar-refractivity contribution in [3.8, 4) is 0 Å². The summed E-state index contributed by atoms with van der Waals surface area (Å²) < 4.78 is 18.2. The van der Waals surface area contributed by atoms with E-state index in [0.717, 1.165) is 6.42 Å². The molecule has 0 aliphatic rings. The van der Waals surface area contributed by atoms with Gasteiger partial charge in [0, 0.05) is 20.3 Å². The van der Waals surface area contributed by atoms with E-state index in [2.05, 4.69) is 5.32 Å². The maximum absolute atomic E-state index is 13.3. The minimum atomic E-state index is -0.667. The lowest BCUT2D eigenvalue weighted by molar-refractivity contribution is -0.301. The van der Waals surface area contributed by atoms with Crippen molar-refractivity contribution in [3.63, 3.8) is 0 Å². The zero-order valence-corrected chi connectivity index (χ0v) is 12.9. The van der Waals surface area contributed by atoms with Crippen LogP contribution in [0.1, 0.15) is 37.6 Å². The molecule has 0 aromatic heterocycles. The molecule has 21 heavy (non-hydrogen) atoms. The molecular formula is C15H22FNO4. The molecule has 0 radical (unpaired) electrons. The molecule has 0 spiro atoms. The van der Waals surface area contributed by atoms with Gasteiger partial charge in [0.25, 0.3) is 0 Å². The molecule has 1 aromatic rings. The van der Waals surface area contributed by atoms with Gasteiger partial charge in [-0.05, 0) is 45.4 Å². The van der Waals surface area contributed by atoms with Crippen LogP contribution in [0.5, 0.6) is 0 Å². The zero-order chi connectivity index (χ0) is 15.9. The van der Waals surface area contributed by atoms with Crippen LogP contribution in [0.4, 0.5) is 10.1 Å². The molecule has 0 heterocycles. The zero-order valence-electron chi connectivity index (χ0n) is 12.9. The summed E-state index contributed by atoms with van der Waals surface area (Å²) >= 11 is 0. The van der Waals surface area contributed by atoms with Crippen LogP contribution in [0.15, 0.2) is 18.2 Å². The van der Waals surface area contributed by atoms with E-state index >= 15 is 0 Å². The van der Waals surface area contributed by atoms with Gasteiger partial charge >= 0.3 is 5.97 Å². The second-order valence-electron chi connectivity index (χ2n) is 5.53. The largest absolute Gasteiger partial charge is 0.385 e. The van der Waals surface area contributed by atoms with Crippen LogP contribution >= 0.6 is 0 Å². The Morgan fingerprint density at radius 2 is 2.05 bits per heavy atom. The first kappa shape index (κ1) is 17.4. The summed E-state index contributed by atoms with van der Waals surface area (Å²) in [4.78, 5) is 21.7. The minimum Gasteiger partial charge on any atom is -0.385 e. The number of hydrogen-bond donors (Lipinski definition) is 1. The first-order valence-corrected chi connectivity index (χ1v) is 6.76. The summed E-state index contributed by atoms with van der Waals surface area (Å²) in [6.45, 7) is 6.41. The molecule has 1 N–H and O–H groups in total. The number of carbonyl (C=O) groups excluding carboxylic acids is 1. The van der Waals surface area contributed by atoms with Gasteiger partial charge < -0.3 is 10.1 Å². The summed E-state index contributed by atoms with van der Waals surface area (Å²) in [5, 5.41) is 2.99. The van der Waals surface area contributed by atoms with Crippen molar-refractivity contribution in [1.82, 2.24) is 0 Å². The third-order valence-corrected chi connectivity index (χ3v) is 2.41. The maximum Gasteiger partial charge on any atom is 0.375 e. The Morgan fingerprint density at radius 3 is 2.67 bits per heavy atom. The Labute approximate surface area is 124 Å². The number of methoxy groups -OCH3 is 1. The highest BCUT2D eigenvalue weighted by Gasteiger charge is 2.19. The third kappa shape index (κ3) is 6.55. The average molecular weight is 299 g/mol. The van der Waals surface area contributed by atoms with Crippen LogP contribution in [0.3, 0.4) is 0 Å². The first-order chi connectivity index (χ1) is 9.83. The Kier molecular flexibility index (Phi) is 6.58. The molecule has 0 fully saturated rings. The molecule has 0 saturated carbocycles. The van der Waals surface area contributed by atoms with Crippen LogP contribution in [0.25, 0.3) is 0 Å². The summed E-state index contributed by atoms with van der Waals surface area (Å²) in [5.41, 5.74) is -0.0199. The Bertz CT molecular complexity index is 471. The number of benzene rings is 1. The van der Waals surface area contributed by atoms with E-state index in [1.165, 1.54) is 18.2 Å². The van der Waals surface area contributed by atoms with Gasteiger partial charge in [-0.25, -0.2) is 9.18 Å². The van der Waals surface area contributed by atoms with Gasteiger partial charge in [0.15, 0.2) is 0 Å². The van der Waals surface area contributed by atoms with Crippen LogP contribution in [0.2, 0.25) is 0 Å². The van der Waals surface area contributed by atoms with Crippen molar-refractivity contribution in [1.29, 1.82) is 0 Å². The topological polar surface area (TPSA) is 56.8 Å². The fraction of sp³-hybridized carbons (Fsp3) is 0.533. The maximum atomic E-state index is 13.3. The number of anilines is 1. The molecule has 0 unspecified atom stereocenters. The lowest BCUT2D eigenvalue weighted by atomic mass is 10.1. The quantitative estimate of drug-likeness (QED) is 0.476. The van der Waals surface area contributed by atoms with Gasteiger partial charge in [0.1, 0.15) is 11.4 Å². The van der Waals surface area contributed by atoms with Crippen LogP contribution < -0.4 is 5.32 Å². The van der Waals surface area contributed by atoms with Crippen molar-refractivity contribution >= 4 is 11.7 Å². The van der Waals surface area contributed by atoms with E-state index in [1.807, 2.05) is 0 Å². The van der Waals surface area contributed by atoms with Gasteiger partial charge in [-0.1, -0.05) is 0 Å². The highest BCUT2D eigenvalue weighted by atomic mass is 19.1. The second-order valence-corrected chi connectivity index (χ2v) is 5.53. The van der Waals surface area contributed by atoms with E-state index in [0.29, 0.717) is 18.8 Å². The SMILES string of the molecule is COCCCNc1cc(F)ccc1C(=O)OOC(C)(C)C. The molecule has 0 atom stereocenters. The van der Waals surface area contributed by atoms with Crippen LogP contribution in [-0.4, -0.2) is 31.8 Å². The predicted octanol–water partition coefficient (Wildman–Crippen LogP) is 3.16. The molecular weight excluding hydrogens is 277 g/mol. The average Bonchev–Trinajstić information content (AvgIpc) is 2.40. The molecule has 6 heteroatoms. The lowest BCUT2D eigenvalue weighted by Crippen LogP contribution is -2.22. The van der Waals surface area contributed by atoms with Crippen molar-refractivity contribution in [2.75, 3.05) is 25.6 Å². The number of nitrogens with one attached hydrogen (secondary N) is 1. The summed E-state index contributed by atoms with van der Waals surface area (Å²) in [5.74, 6) is -1.10. The lowest BCUT2D eigenvalue weighted by Gasteiger charge is -2.17. The molecule has 1 aromatic carbocycles. The van der Waals surface area contributed by atoms with E-state index in [-0.39, 0.29) is 5.56 Å². The van der Waals surface area contributed by atoms with E-state index < -0.39 is 17.4 Å². The summed E-state index contributed by atoms with van der Waals surface area (Å²) in [7, 11) is 1.61. The Balaban J connectivity index is 2.73.